The molecule has 0 aliphatic rings. The molecule has 0 fully saturated rings. The molecule has 4 heteroatoms. The quantitative estimate of drug-likeness (QED) is 0.799. The number of carbonyl (C=O) groups excluding carboxylic acids is 1. The molecule has 108 valence electrons. The third-order valence-corrected chi connectivity index (χ3v) is 3.64. The number of benzene rings is 1. The molecule has 0 aliphatic carbocycles. The molecule has 0 radical (unpaired) electrons. The summed E-state index contributed by atoms with van der Waals surface area (Å²) in [7, 11) is 1.91. The third-order valence-electron chi connectivity index (χ3n) is 3.64. The summed E-state index contributed by atoms with van der Waals surface area (Å²) in [5.41, 5.74) is 1.73. The van der Waals surface area contributed by atoms with Crippen molar-refractivity contribution in [1.82, 2.24) is 9.88 Å². The van der Waals surface area contributed by atoms with Crippen LogP contribution in [0.15, 0.2) is 46.9 Å². The summed E-state index contributed by atoms with van der Waals surface area (Å²) in [6.45, 7) is 2.48. The number of aryl methyl sites for hydroxylation is 2. The van der Waals surface area contributed by atoms with Gasteiger partial charge in [0.2, 0.25) is 0 Å². The van der Waals surface area contributed by atoms with Crippen LogP contribution in [-0.2, 0) is 13.5 Å². The van der Waals surface area contributed by atoms with E-state index in [4.69, 9.17) is 4.42 Å². The third kappa shape index (κ3) is 2.70. The second-order valence-electron chi connectivity index (χ2n) is 5.17. The van der Waals surface area contributed by atoms with Gasteiger partial charge in [-0.3, -0.25) is 4.79 Å². The summed E-state index contributed by atoms with van der Waals surface area (Å²) in [6.07, 6.45) is 0.698. The molecule has 21 heavy (non-hydrogen) atoms. The summed E-state index contributed by atoms with van der Waals surface area (Å²) in [4.78, 5) is 12.3. The molecule has 0 bridgehead atoms. The zero-order valence-corrected chi connectivity index (χ0v) is 12.2. The largest absolute Gasteiger partial charge is 0.466 e. The van der Waals surface area contributed by atoms with Crippen molar-refractivity contribution in [3.63, 3.8) is 0 Å². The molecule has 0 atom stereocenters. The van der Waals surface area contributed by atoms with Gasteiger partial charge in [-0.05, 0) is 31.2 Å². The highest BCUT2D eigenvalue weighted by molar-refractivity contribution is 5.98. The molecule has 0 unspecified atom stereocenters. The van der Waals surface area contributed by atoms with Crippen LogP contribution in [0, 0.1) is 6.92 Å². The lowest BCUT2D eigenvalue weighted by molar-refractivity contribution is 0.0946. The Labute approximate surface area is 123 Å². The van der Waals surface area contributed by atoms with Crippen LogP contribution in [0.2, 0.25) is 0 Å². The first-order chi connectivity index (χ1) is 10.1. The van der Waals surface area contributed by atoms with E-state index in [1.54, 1.807) is 0 Å². The number of aromatic nitrogens is 1. The monoisotopic (exact) mass is 282 g/mol. The van der Waals surface area contributed by atoms with Gasteiger partial charge in [-0.1, -0.05) is 18.2 Å². The molecule has 0 saturated heterocycles. The van der Waals surface area contributed by atoms with Crippen molar-refractivity contribution in [3.05, 3.63) is 59.7 Å². The van der Waals surface area contributed by atoms with Crippen LogP contribution < -0.4 is 5.32 Å². The van der Waals surface area contributed by atoms with Gasteiger partial charge >= 0.3 is 0 Å². The van der Waals surface area contributed by atoms with E-state index >= 15 is 0 Å². The van der Waals surface area contributed by atoms with E-state index in [1.807, 2.05) is 61.0 Å². The lowest BCUT2D eigenvalue weighted by atomic mass is 10.2. The van der Waals surface area contributed by atoms with Crippen molar-refractivity contribution in [2.45, 2.75) is 13.3 Å². The Hall–Kier alpha value is -2.49. The molecule has 0 saturated carbocycles. The molecule has 1 N–H and O–H groups in total. The van der Waals surface area contributed by atoms with Gasteiger partial charge in [-0.15, -0.1) is 0 Å². The van der Waals surface area contributed by atoms with Crippen LogP contribution >= 0.6 is 0 Å². The van der Waals surface area contributed by atoms with Gasteiger partial charge in [-0.25, -0.2) is 0 Å². The van der Waals surface area contributed by atoms with Crippen molar-refractivity contribution in [3.8, 4) is 0 Å². The average Bonchev–Trinajstić information content (AvgIpc) is 3.03. The second-order valence-corrected chi connectivity index (χ2v) is 5.17. The number of fused-ring (bicyclic) bond motifs is 1. The topological polar surface area (TPSA) is 47.2 Å². The van der Waals surface area contributed by atoms with Crippen molar-refractivity contribution < 1.29 is 9.21 Å². The highest BCUT2D eigenvalue weighted by Gasteiger charge is 2.12. The summed E-state index contributed by atoms with van der Waals surface area (Å²) >= 11 is 0. The van der Waals surface area contributed by atoms with E-state index < -0.39 is 0 Å². The van der Waals surface area contributed by atoms with Crippen LogP contribution in [0.25, 0.3) is 10.9 Å². The van der Waals surface area contributed by atoms with E-state index in [0.29, 0.717) is 18.7 Å². The first-order valence-electron chi connectivity index (χ1n) is 7.03. The Morgan fingerprint density at radius 1 is 1.24 bits per heavy atom. The number of nitrogens with one attached hydrogen (secondary N) is 1. The van der Waals surface area contributed by atoms with E-state index in [9.17, 15) is 4.79 Å². The summed E-state index contributed by atoms with van der Waals surface area (Å²) in [6, 6.07) is 13.8. The minimum Gasteiger partial charge on any atom is -0.466 e. The fourth-order valence-corrected chi connectivity index (χ4v) is 2.52. The maximum atomic E-state index is 12.3. The highest BCUT2D eigenvalue weighted by Crippen LogP contribution is 2.18. The van der Waals surface area contributed by atoms with E-state index in [1.165, 1.54) is 0 Å². The van der Waals surface area contributed by atoms with E-state index in [0.717, 1.165) is 22.4 Å². The molecule has 1 amide bonds. The minimum atomic E-state index is -0.0584. The Balaban J connectivity index is 1.68. The highest BCUT2D eigenvalue weighted by atomic mass is 16.3. The maximum absolute atomic E-state index is 12.3. The van der Waals surface area contributed by atoms with E-state index in [2.05, 4.69) is 5.32 Å². The number of amides is 1. The summed E-state index contributed by atoms with van der Waals surface area (Å²) < 4.78 is 7.40. The fraction of sp³-hybridized carbons (Fsp3) is 0.235. The van der Waals surface area contributed by atoms with Crippen LogP contribution in [0.3, 0.4) is 0 Å². The Kier molecular flexibility index (Phi) is 3.52. The van der Waals surface area contributed by atoms with Gasteiger partial charge in [0.05, 0.1) is 0 Å². The molecular formula is C17H18N2O2. The van der Waals surface area contributed by atoms with Crippen LogP contribution in [-0.4, -0.2) is 17.0 Å². The van der Waals surface area contributed by atoms with Gasteiger partial charge in [-0.2, -0.15) is 0 Å². The molecule has 0 aliphatic heterocycles. The van der Waals surface area contributed by atoms with E-state index in [-0.39, 0.29) is 5.91 Å². The first kappa shape index (κ1) is 13.5. The number of hydrogen-bond acceptors (Lipinski definition) is 2. The molecular weight excluding hydrogens is 264 g/mol. The van der Waals surface area contributed by atoms with Gasteiger partial charge in [0.25, 0.3) is 5.91 Å². The molecule has 2 aromatic heterocycles. The normalized spacial score (nSPS) is 11.0. The molecule has 0 spiro atoms. The molecule has 1 aromatic carbocycles. The van der Waals surface area contributed by atoms with Crippen LogP contribution in [0.4, 0.5) is 0 Å². The number of rotatable bonds is 4. The van der Waals surface area contributed by atoms with Crippen molar-refractivity contribution in [2.75, 3.05) is 6.54 Å². The predicted molar refractivity (Wildman–Crippen MR) is 82.4 cm³/mol. The molecule has 3 aromatic rings. The predicted octanol–water partition coefficient (Wildman–Crippen LogP) is 3.05. The lowest BCUT2D eigenvalue weighted by Gasteiger charge is -2.05. The van der Waals surface area contributed by atoms with Gasteiger partial charge in [0.1, 0.15) is 17.2 Å². The summed E-state index contributed by atoms with van der Waals surface area (Å²) in [5, 5.41) is 4.01. The number of furan rings is 1. The molecule has 4 nitrogen and oxygen atoms in total. The number of nitrogens with zero attached hydrogens (tertiary/aromatic N) is 1. The Bertz CT molecular complexity index is 783. The molecule has 3 rings (SSSR count). The van der Waals surface area contributed by atoms with Crippen molar-refractivity contribution in [2.24, 2.45) is 7.05 Å². The zero-order valence-electron chi connectivity index (χ0n) is 12.2. The minimum absolute atomic E-state index is 0.0584. The van der Waals surface area contributed by atoms with Crippen molar-refractivity contribution >= 4 is 16.8 Å². The zero-order chi connectivity index (χ0) is 14.8. The smallest absolute Gasteiger partial charge is 0.267 e. The number of para-hydroxylation sites is 1. The fourth-order valence-electron chi connectivity index (χ4n) is 2.52. The first-order valence-corrected chi connectivity index (χ1v) is 7.03. The number of hydrogen-bond donors (Lipinski definition) is 1. The van der Waals surface area contributed by atoms with Gasteiger partial charge < -0.3 is 14.3 Å². The van der Waals surface area contributed by atoms with Crippen LogP contribution in [0.5, 0.6) is 0 Å². The standard InChI is InChI=1S/C17H18N2O2/c1-12-7-8-14(21-12)9-10-18-17(20)16-11-13-5-3-4-6-15(13)19(16)2/h3-8,11H,9-10H2,1-2H3,(H,18,20). The Morgan fingerprint density at radius 3 is 2.76 bits per heavy atom. The van der Waals surface area contributed by atoms with Crippen molar-refractivity contribution in [1.29, 1.82) is 0 Å². The van der Waals surface area contributed by atoms with Crippen LogP contribution in [0.1, 0.15) is 22.0 Å². The maximum Gasteiger partial charge on any atom is 0.267 e. The Morgan fingerprint density at radius 2 is 2.05 bits per heavy atom. The SMILES string of the molecule is Cc1ccc(CCNC(=O)c2cc3ccccc3n2C)o1. The molecule has 2 heterocycles. The van der Waals surface area contributed by atoms with Gasteiger partial charge in [0, 0.05) is 30.9 Å². The lowest BCUT2D eigenvalue weighted by Crippen LogP contribution is -2.27. The second kappa shape index (κ2) is 5.48. The number of carbonyl (C=O) groups is 1. The summed E-state index contributed by atoms with van der Waals surface area (Å²) in [5.74, 6) is 1.73. The average molecular weight is 282 g/mol. The van der Waals surface area contributed by atoms with Gasteiger partial charge in [0.15, 0.2) is 0 Å².